The summed E-state index contributed by atoms with van der Waals surface area (Å²) in [5, 5.41) is 8.73. The normalized spacial score (nSPS) is 20.1. The van der Waals surface area contributed by atoms with E-state index in [2.05, 4.69) is 9.97 Å². The summed E-state index contributed by atoms with van der Waals surface area (Å²) in [5.74, 6) is 0.546. The molecule has 0 unspecified atom stereocenters. The number of sulfonamides is 1. The highest BCUT2D eigenvalue weighted by atomic mass is 32.2. The Morgan fingerprint density at radius 3 is 2.59 bits per heavy atom. The SMILES string of the molecule is CN(C1CCN(c2nccc(C#N)n2)CC1)S(=O)(=O)C1CC1. The van der Waals surface area contributed by atoms with Gasteiger partial charge < -0.3 is 4.90 Å². The van der Waals surface area contributed by atoms with Gasteiger partial charge in [-0.1, -0.05) is 0 Å². The topological polar surface area (TPSA) is 90.2 Å². The molecule has 2 heterocycles. The summed E-state index contributed by atoms with van der Waals surface area (Å²) in [7, 11) is -1.42. The lowest BCUT2D eigenvalue weighted by atomic mass is 10.1. The largest absolute Gasteiger partial charge is 0.341 e. The van der Waals surface area contributed by atoms with Gasteiger partial charge in [0.2, 0.25) is 16.0 Å². The third-order valence-electron chi connectivity index (χ3n) is 4.37. The maximum atomic E-state index is 12.3. The highest BCUT2D eigenvalue weighted by Gasteiger charge is 2.41. The van der Waals surface area contributed by atoms with Crippen molar-refractivity contribution in [2.24, 2.45) is 0 Å². The maximum Gasteiger partial charge on any atom is 0.226 e. The van der Waals surface area contributed by atoms with Crippen LogP contribution in [0.2, 0.25) is 0 Å². The number of nitriles is 1. The predicted molar refractivity (Wildman–Crippen MR) is 81.7 cm³/mol. The summed E-state index contributed by atoms with van der Waals surface area (Å²) >= 11 is 0. The number of aromatic nitrogens is 2. The molecule has 0 bridgehead atoms. The average molecular weight is 321 g/mol. The van der Waals surface area contributed by atoms with Crippen LogP contribution in [0.15, 0.2) is 12.3 Å². The van der Waals surface area contributed by atoms with Gasteiger partial charge in [0.1, 0.15) is 11.8 Å². The van der Waals surface area contributed by atoms with E-state index in [1.165, 1.54) is 0 Å². The molecule has 0 amide bonds. The molecule has 0 N–H and O–H groups in total. The first-order valence-corrected chi connectivity index (χ1v) is 8.97. The number of hydrogen-bond donors (Lipinski definition) is 0. The fourth-order valence-corrected chi connectivity index (χ4v) is 4.63. The molecule has 0 spiro atoms. The lowest BCUT2D eigenvalue weighted by Crippen LogP contribution is -2.46. The third-order valence-corrected chi connectivity index (χ3v) is 6.78. The Hall–Kier alpha value is -1.72. The molecular weight excluding hydrogens is 302 g/mol. The highest BCUT2D eigenvalue weighted by Crippen LogP contribution is 2.33. The van der Waals surface area contributed by atoms with Gasteiger partial charge in [-0.2, -0.15) is 5.26 Å². The van der Waals surface area contributed by atoms with Gasteiger partial charge in [-0.25, -0.2) is 22.7 Å². The summed E-state index contributed by atoms with van der Waals surface area (Å²) in [6, 6.07) is 3.63. The van der Waals surface area contributed by atoms with Crippen LogP contribution in [-0.4, -0.2) is 54.1 Å². The van der Waals surface area contributed by atoms with E-state index in [-0.39, 0.29) is 11.3 Å². The van der Waals surface area contributed by atoms with Gasteiger partial charge in [-0.15, -0.1) is 0 Å². The van der Waals surface area contributed by atoms with Gasteiger partial charge in [-0.05, 0) is 31.7 Å². The number of rotatable bonds is 4. The average Bonchev–Trinajstić information content (AvgIpc) is 3.40. The maximum absolute atomic E-state index is 12.3. The number of piperidine rings is 1. The van der Waals surface area contributed by atoms with Crippen molar-refractivity contribution in [2.75, 3.05) is 25.0 Å². The highest BCUT2D eigenvalue weighted by molar-refractivity contribution is 7.90. The minimum absolute atomic E-state index is 0.0426. The molecule has 22 heavy (non-hydrogen) atoms. The van der Waals surface area contributed by atoms with Crippen LogP contribution in [0.25, 0.3) is 0 Å². The second-order valence-electron chi connectivity index (χ2n) is 5.83. The molecule has 1 aromatic rings. The van der Waals surface area contributed by atoms with Crippen LogP contribution in [0.1, 0.15) is 31.4 Å². The van der Waals surface area contributed by atoms with Gasteiger partial charge in [-0.3, -0.25) is 0 Å². The summed E-state index contributed by atoms with van der Waals surface area (Å²) in [6.07, 6.45) is 4.67. The minimum Gasteiger partial charge on any atom is -0.341 e. The Kier molecular flexibility index (Phi) is 4.02. The van der Waals surface area contributed by atoms with E-state index in [0.29, 0.717) is 24.7 Å². The zero-order valence-electron chi connectivity index (χ0n) is 12.5. The molecule has 3 rings (SSSR count). The monoisotopic (exact) mass is 321 g/mol. The Labute approximate surface area is 130 Å². The quantitative estimate of drug-likeness (QED) is 0.812. The van der Waals surface area contributed by atoms with Gasteiger partial charge >= 0.3 is 0 Å². The molecule has 1 saturated heterocycles. The molecule has 118 valence electrons. The Bertz CT molecular complexity index is 687. The number of hydrogen-bond acceptors (Lipinski definition) is 6. The summed E-state index contributed by atoms with van der Waals surface area (Å²) < 4.78 is 26.1. The van der Waals surface area contributed by atoms with Crippen LogP contribution in [0.5, 0.6) is 0 Å². The smallest absolute Gasteiger partial charge is 0.226 e. The van der Waals surface area contributed by atoms with Crippen molar-refractivity contribution in [1.29, 1.82) is 5.26 Å². The Morgan fingerprint density at radius 2 is 2.00 bits per heavy atom. The Morgan fingerprint density at radius 1 is 1.32 bits per heavy atom. The van der Waals surface area contributed by atoms with E-state index < -0.39 is 10.0 Å². The van der Waals surface area contributed by atoms with Crippen molar-refractivity contribution in [3.8, 4) is 6.07 Å². The summed E-state index contributed by atoms with van der Waals surface area (Å²) in [4.78, 5) is 10.4. The lowest BCUT2D eigenvalue weighted by molar-refractivity contribution is 0.310. The molecule has 2 aliphatic rings. The van der Waals surface area contributed by atoms with E-state index in [1.54, 1.807) is 23.6 Å². The predicted octanol–water partition coefficient (Wildman–Crippen LogP) is 0.741. The van der Waals surface area contributed by atoms with E-state index in [4.69, 9.17) is 5.26 Å². The molecule has 1 aliphatic heterocycles. The molecule has 1 aliphatic carbocycles. The number of anilines is 1. The molecule has 1 aromatic heterocycles. The van der Waals surface area contributed by atoms with Crippen molar-refractivity contribution in [2.45, 2.75) is 37.0 Å². The van der Waals surface area contributed by atoms with Gasteiger partial charge in [0.15, 0.2) is 0 Å². The summed E-state index contributed by atoms with van der Waals surface area (Å²) in [6.45, 7) is 1.40. The molecule has 0 aromatic carbocycles. The van der Waals surface area contributed by atoms with Crippen LogP contribution in [0.4, 0.5) is 5.95 Å². The molecule has 1 saturated carbocycles. The van der Waals surface area contributed by atoms with Crippen molar-refractivity contribution < 1.29 is 8.42 Å². The van der Waals surface area contributed by atoms with Gasteiger partial charge in [0.25, 0.3) is 0 Å². The zero-order valence-corrected chi connectivity index (χ0v) is 13.3. The van der Waals surface area contributed by atoms with E-state index >= 15 is 0 Å². The Balaban J connectivity index is 1.64. The van der Waals surface area contributed by atoms with E-state index in [0.717, 1.165) is 25.7 Å². The van der Waals surface area contributed by atoms with Crippen molar-refractivity contribution >= 4 is 16.0 Å². The van der Waals surface area contributed by atoms with Crippen LogP contribution in [0.3, 0.4) is 0 Å². The van der Waals surface area contributed by atoms with Crippen LogP contribution in [-0.2, 0) is 10.0 Å². The third kappa shape index (κ3) is 2.91. The zero-order chi connectivity index (χ0) is 15.7. The first-order chi connectivity index (χ1) is 10.5. The van der Waals surface area contributed by atoms with E-state index in [1.807, 2.05) is 11.0 Å². The minimum atomic E-state index is -3.12. The molecule has 8 heteroatoms. The fraction of sp³-hybridized carbons (Fsp3) is 0.643. The first-order valence-electron chi connectivity index (χ1n) is 7.47. The van der Waals surface area contributed by atoms with Crippen molar-refractivity contribution in [3.63, 3.8) is 0 Å². The van der Waals surface area contributed by atoms with Gasteiger partial charge in [0, 0.05) is 32.4 Å². The number of nitrogens with zero attached hydrogens (tertiary/aromatic N) is 5. The second kappa shape index (κ2) is 5.82. The van der Waals surface area contributed by atoms with E-state index in [9.17, 15) is 8.42 Å². The molecule has 0 radical (unpaired) electrons. The van der Waals surface area contributed by atoms with Crippen molar-refractivity contribution in [3.05, 3.63) is 18.0 Å². The van der Waals surface area contributed by atoms with Crippen LogP contribution < -0.4 is 4.90 Å². The van der Waals surface area contributed by atoms with Gasteiger partial charge in [0.05, 0.1) is 5.25 Å². The van der Waals surface area contributed by atoms with Crippen molar-refractivity contribution in [1.82, 2.24) is 14.3 Å². The molecule has 0 atom stereocenters. The lowest BCUT2D eigenvalue weighted by Gasteiger charge is -2.36. The molecule has 2 fully saturated rings. The van der Waals surface area contributed by atoms with Crippen LogP contribution >= 0.6 is 0 Å². The molecular formula is C14H19N5O2S. The molecule has 7 nitrogen and oxygen atoms in total. The summed E-state index contributed by atoms with van der Waals surface area (Å²) in [5.41, 5.74) is 0.348. The fourth-order valence-electron chi connectivity index (χ4n) is 2.80. The van der Waals surface area contributed by atoms with Crippen LogP contribution in [0, 0.1) is 11.3 Å². The standard InChI is InChI=1S/C14H19N5O2S/c1-18(22(20,21)13-2-3-13)12-5-8-19(9-6-12)14-16-7-4-11(10-15)17-14/h4,7,12-13H,2-3,5-6,8-9H2,1H3. The second-order valence-corrected chi connectivity index (χ2v) is 8.10. The first kappa shape index (κ1) is 15.2.